The number of carboxylic acids is 1. The molecule has 2 aromatic carbocycles. The second-order valence-electron chi connectivity index (χ2n) is 6.19. The van der Waals surface area contributed by atoms with E-state index < -0.39 is 12.1 Å². The van der Waals surface area contributed by atoms with Gasteiger partial charge in [-0.25, -0.2) is 4.79 Å². The van der Waals surface area contributed by atoms with Crippen LogP contribution in [0.1, 0.15) is 42.8 Å². The molecule has 130 valence electrons. The number of aliphatic hydroxyl groups excluding tert-OH is 1. The van der Waals surface area contributed by atoms with Gasteiger partial charge in [0.15, 0.2) is 11.3 Å². The molecule has 0 saturated carbocycles. The van der Waals surface area contributed by atoms with Crippen molar-refractivity contribution >= 4 is 27.9 Å². The zero-order valence-electron chi connectivity index (χ0n) is 14.1. The average molecular weight is 342 g/mol. The SMILES string of the molecule is CC(C)Oc1cc(C(C)O)cc2c(=O)c3cc(C(=O)O)ccc3oc12. The van der Waals surface area contributed by atoms with Gasteiger partial charge in [0.2, 0.25) is 5.43 Å². The number of ether oxygens (including phenoxy) is 1. The van der Waals surface area contributed by atoms with Crippen molar-refractivity contribution in [3.05, 3.63) is 51.7 Å². The third kappa shape index (κ3) is 3.08. The second kappa shape index (κ2) is 6.22. The third-order valence-corrected chi connectivity index (χ3v) is 3.85. The lowest BCUT2D eigenvalue weighted by Gasteiger charge is -2.15. The van der Waals surface area contributed by atoms with E-state index in [1.54, 1.807) is 19.1 Å². The molecule has 0 aliphatic rings. The summed E-state index contributed by atoms with van der Waals surface area (Å²) in [6, 6.07) is 7.33. The predicted octanol–water partition coefficient (Wildman–Crippen LogP) is 3.48. The number of benzene rings is 2. The quantitative estimate of drug-likeness (QED) is 0.705. The lowest BCUT2D eigenvalue weighted by Crippen LogP contribution is -2.10. The monoisotopic (exact) mass is 342 g/mol. The van der Waals surface area contributed by atoms with Crippen molar-refractivity contribution in [2.45, 2.75) is 33.0 Å². The second-order valence-corrected chi connectivity index (χ2v) is 6.19. The maximum Gasteiger partial charge on any atom is 0.335 e. The normalized spacial score (nSPS) is 12.7. The van der Waals surface area contributed by atoms with Crippen LogP contribution in [0, 0.1) is 0 Å². The minimum Gasteiger partial charge on any atom is -0.487 e. The van der Waals surface area contributed by atoms with Crippen LogP contribution < -0.4 is 10.2 Å². The molecular formula is C19H18O6. The maximum atomic E-state index is 12.9. The van der Waals surface area contributed by atoms with E-state index in [4.69, 9.17) is 14.3 Å². The number of fused-ring (bicyclic) bond motifs is 2. The summed E-state index contributed by atoms with van der Waals surface area (Å²) in [5.41, 5.74) is 0.712. The summed E-state index contributed by atoms with van der Waals surface area (Å²) >= 11 is 0. The molecule has 25 heavy (non-hydrogen) atoms. The lowest BCUT2D eigenvalue weighted by atomic mass is 10.0. The molecule has 1 atom stereocenters. The smallest absolute Gasteiger partial charge is 0.335 e. The van der Waals surface area contributed by atoms with Crippen LogP contribution in [0.3, 0.4) is 0 Å². The molecule has 0 amide bonds. The Bertz CT molecular complexity index is 1030. The van der Waals surface area contributed by atoms with E-state index in [1.807, 2.05) is 13.8 Å². The Hall–Kier alpha value is -2.86. The third-order valence-electron chi connectivity index (χ3n) is 3.85. The first-order chi connectivity index (χ1) is 11.8. The Morgan fingerprint density at radius 2 is 1.84 bits per heavy atom. The Kier molecular flexibility index (Phi) is 4.22. The number of aromatic carboxylic acids is 1. The van der Waals surface area contributed by atoms with Crippen LogP contribution in [0.25, 0.3) is 21.9 Å². The molecule has 0 bridgehead atoms. The molecule has 3 rings (SSSR count). The Labute approximate surface area is 143 Å². The van der Waals surface area contributed by atoms with Gasteiger partial charge in [-0.15, -0.1) is 0 Å². The van der Waals surface area contributed by atoms with Crippen LogP contribution >= 0.6 is 0 Å². The van der Waals surface area contributed by atoms with Gasteiger partial charge in [0.05, 0.1) is 28.5 Å². The number of aliphatic hydroxyl groups is 1. The van der Waals surface area contributed by atoms with Gasteiger partial charge < -0.3 is 19.4 Å². The molecule has 1 heterocycles. The van der Waals surface area contributed by atoms with Crippen LogP contribution in [0.4, 0.5) is 0 Å². The Morgan fingerprint density at radius 1 is 1.12 bits per heavy atom. The zero-order chi connectivity index (χ0) is 18.3. The van der Waals surface area contributed by atoms with Crippen LogP contribution in [0.5, 0.6) is 5.75 Å². The van der Waals surface area contributed by atoms with E-state index in [-0.39, 0.29) is 39.0 Å². The summed E-state index contributed by atoms with van der Waals surface area (Å²) in [6.45, 7) is 5.28. The van der Waals surface area contributed by atoms with Gasteiger partial charge in [0, 0.05) is 0 Å². The summed E-state index contributed by atoms with van der Waals surface area (Å²) < 4.78 is 11.6. The average Bonchev–Trinajstić information content (AvgIpc) is 2.54. The Balaban J connectivity index is 2.41. The molecule has 2 N–H and O–H groups in total. The van der Waals surface area contributed by atoms with Crippen molar-refractivity contribution in [1.82, 2.24) is 0 Å². The highest BCUT2D eigenvalue weighted by Gasteiger charge is 2.17. The molecule has 0 aliphatic heterocycles. The number of carboxylic acid groups (broad SMARTS) is 1. The molecular weight excluding hydrogens is 324 g/mol. The van der Waals surface area contributed by atoms with Gasteiger partial charge >= 0.3 is 5.97 Å². The number of carbonyl (C=O) groups is 1. The molecule has 0 saturated heterocycles. The van der Waals surface area contributed by atoms with E-state index >= 15 is 0 Å². The highest BCUT2D eigenvalue weighted by molar-refractivity contribution is 5.97. The van der Waals surface area contributed by atoms with Gasteiger partial charge in [-0.05, 0) is 56.7 Å². The highest BCUT2D eigenvalue weighted by Crippen LogP contribution is 2.32. The van der Waals surface area contributed by atoms with E-state index in [0.717, 1.165) is 0 Å². The summed E-state index contributed by atoms with van der Waals surface area (Å²) in [5, 5.41) is 19.4. The highest BCUT2D eigenvalue weighted by atomic mass is 16.5. The van der Waals surface area contributed by atoms with Gasteiger partial charge in [-0.2, -0.15) is 0 Å². The van der Waals surface area contributed by atoms with Crippen LogP contribution in [0.2, 0.25) is 0 Å². The number of rotatable bonds is 4. The minimum absolute atomic E-state index is 0.00415. The fourth-order valence-corrected chi connectivity index (χ4v) is 2.66. The molecule has 3 aromatic rings. The lowest BCUT2D eigenvalue weighted by molar-refractivity contribution is 0.0697. The van der Waals surface area contributed by atoms with E-state index in [2.05, 4.69) is 0 Å². The zero-order valence-corrected chi connectivity index (χ0v) is 14.1. The molecule has 1 unspecified atom stereocenters. The fourth-order valence-electron chi connectivity index (χ4n) is 2.66. The van der Waals surface area contributed by atoms with Gasteiger partial charge in [0.1, 0.15) is 5.58 Å². The molecule has 0 radical (unpaired) electrons. The van der Waals surface area contributed by atoms with Crippen molar-refractivity contribution in [2.24, 2.45) is 0 Å². The molecule has 1 aromatic heterocycles. The topological polar surface area (TPSA) is 97.0 Å². The molecule has 6 heteroatoms. The van der Waals surface area contributed by atoms with Crippen molar-refractivity contribution < 1.29 is 24.2 Å². The summed E-state index contributed by atoms with van der Waals surface area (Å²) in [7, 11) is 0. The first kappa shape index (κ1) is 17.0. The number of hydrogen-bond donors (Lipinski definition) is 2. The largest absolute Gasteiger partial charge is 0.487 e. The van der Waals surface area contributed by atoms with Crippen LogP contribution in [-0.2, 0) is 0 Å². The minimum atomic E-state index is -1.12. The molecule has 6 nitrogen and oxygen atoms in total. The van der Waals surface area contributed by atoms with Gasteiger partial charge in [-0.1, -0.05) is 0 Å². The first-order valence-corrected chi connectivity index (χ1v) is 7.90. The fraction of sp³-hybridized carbons (Fsp3) is 0.263. The standard InChI is InChI=1S/C19H18O6/c1-9(2)24-16-8-12(10(3)20)7-14-17(21)13-6-11(19(22)23)4-5-15(13)25-18(14)16/h4-10,20H,1-3H3,(H,22,23). The predicted molar refractivity (Wildman–Crippen MR) is 93.3 cm³/mol. The van der Waals surface area contributed by atoms with Gasteiger partial charge in [0.25, 0.3) is 0 Å². The van der Waals surface area contributed by atoms with Crippen molar-refractivity contribution in [3.8, 4) is 5.75 Å². The van der Waals surface area contributed by atoms with Crippen molar-refractivity contribution in [2.75, 3.05) is 0 Å². The van der Waals surface area contributed by atoms with E-state index in [1.165, 1.54) is 18.2 Å². The summed E-state index contributed by atoms with van der Waals surface area (Å²) in [4.78, 5) is 24.0. The van der Waals surface area contributed by atoms with Crippen molar-refractivity contribution in [3.63, 3.8) is 0 Å². The Morgan fingerprint density at radius 3 is 2.44 bits per heavy atom. The van der Waals surface area contributed by atoms with Crippen LogP contribution in [0.15, 0.2) is 39.5 Å². The maximum absolute atomic E-state index is 12.9. The van der Waals surface area contributed by atoms with E-state index in [9.17, 15) is 14.7 Å². The van der Waals surface area contributed by atoms with Gasteiger partial charge in [-0.3, -0.25) is 4.79 Å². The number of hydrogen-bond acceptors (Lipinski definition) is 5. The first-order valence-electron chi connectivity index (χ1n) is 7.90. The molecule has 0 fully saturated rings. The van der Waals surface area contributed by atoms with Crippen LogP contribution in [-0.4, -0.2) is 22.3 Å². The molecule has 0 spiro atoms. The summed E-state index contributed by atoms with van der Waals surface area (Å²) in [5.74, 6) is -0.757. The molecule has 0 aliphatic carbocycles. The van der Waals surface area contributed by atoms with E-state index in [0.29, 0.717) is 11.3 Å². The summed E-state index contributed by atoms with van der Waals surface area (Å²) in [6.07, 6.45) is -0.942. The van der Waals surface area contributed by atoms with Crippen molar-refractivity contribution in [1.29, 1.82) is 0 Å².